The number of carboxylic acid groups (broad SMARTS) is 1. The normalized spacial score (nSPS) is 11.2. The van der Waals surface area contributed by atoms with E-state index in [4.69, 9.17) is 9.84 Å². The van der Waals surface area contributed by atoms with Crippen LogP contribution in [-0.2, 0) is 4.79 Å². The van der Waals surface area contributed by atoms with Crippen LogP contribution in [-0.4, -0.2) is 17.2 Å². The highest BCUT2D eigenvalue weighted by atomic mass is 19.1. The predicted molar refractivity (Wildman–Crippen MR) is 68.0 cm³/mol. The lowest BCUT2D eigenvalue weighted by atomic mass is 10.1. The second kappa shape index (κ2) is 6.87. The summed E-state index contributed by atoms with van der Waals surface area (Å²) in [4.78, 5) is 10.3. The van der Waals surface area contributed by atoms with Crippen molar-refractivity contribution >= 4 is 12.0 Å². The molecule has 0 saturated heterocycles. The standard InChI is InChI=1S/C14H16F2O3/c1-3-10(4-2)19-14-11(15)7-9(8-12(14)16)5-6-13(17)18/h5-8,10H,3-4H2,1-2H3,(H,17,18)/b6-5+. The van der Waals surface area contributed by atoms with E-state index in [1.54, 1.807) is 0 Å². The third-order valence-corrected chi connectivity index (χ3v) is 2.63. The maximum absolute atomic E-state index is 13.7. The van der Waals surface area contributed by atoms with Gasteiger partial charge in [-0.05, 0) is 36.6 Å². The molecule has 0 aromatic heterocycles. The molecule has 0 unspecified atom stereocenters. The Hall–Kier alpha value is -1.91. The van der Waals surface area contributed by atoms with Crippen molar-refractivity contribution in [3.8, 4) is 5.75 Å². The monoisotopic (exact) mass is 270 g/mol. The predicted octanol–water partition coefficient (Wildman–Crippen LogP) is 3.63. The number of aliphatic carboxylic acids is 1. The van der Waals surface area contributed by atoms with Gasteiger partial charge >= 0.3 is 5.97 Å². The summed E-state index contributed by atoms with van der Waals surface area (Å²) in [6.07, 6.45) is 2.99. The van der Waals surface area contributed by atoms with Crippen LogP contribution in [0.15, 0.2) is 18.2 Å². The van der Waals surface area contributed by atoms with Gasteiger partial charge in [-0.15, -0.1) is 0 Å². The van der Waals surface area contributed by atoms with Crippen LogP contribution in [0.2, 0.25) is 0 Å². The molecular formula is C14H16F2O3. The summed E-state index contributed by atoms with van der Waals surface area (Å²) >= 11 is 0. The van der Waals surface area contributed by atoms with Crippen LogP contribution in [0.4, 0.5) is 8.78 Å². The first-order valence-corrected chi connectivity index (χ1v) is 6.04. The molecule has 0 amide bonds. The Kier molecular flexibility index (Phi) is 5.48. The Balaban J connectivity index is 3.00. The zero-order valence-electron chi connectivity index (χ0n) is 10.8. The van der Waals surface area contributed by atoms with E-state index in [0.29, 0.717) is 12.8 Å². The van der Waals surface area contributed by atoms with Gasteiger partial charge in [0.1, 0.15) is 0 Å². The second-order valence-electron chi connectivity index (χ2n) is 4.04. The van der Waals surface area contributed by atoms with Crippen molar-refractivity contribution in [1.29, 1.82) is 0 Å². The average Bonchev–Trinajstić information content (AvgIpc) is 2.36. The Bertz CT molecular complexity index is 457. The third kappa shape index (κ3) is 4.35. The van der Waals surface area contributed by atoms with Crippen molar-refractivity contribution in [1.82, 2.24) is 0 Å². The molecule has 3 nitrogen and oxygen atoms in total. The molecule has 1 aromatic carbocycles. The molecule has 5 heteroatoms. The fourth-order valence-electron chi connectivity index (χ4n) is 1.58. The molecule has 1 N–H and O–H groups in total. The SMILES string of the molecule is CCC(CC)Oc1c(F)cc(/C=C/C(=O)O)cc1F. The van der Waals surface area contributed by atoms with Crippen LogP contribution < -0.4 is 4.74 Å². The topological polar surface area (TPSA) is 46.5 Å². The molecule has 1 rings (SSSR count). The van der Waals surface area contributed by atoms with Gasteiger partial charge in [-0.2, -0.15) is 0 Å². The maximum Gasteiger partial charge on any atom is 0.328 e. The summed E-state index contributed by atoms with van der Waals surface area (Å²) in [6, 6.07) is 2.08. The minimum atomic E-state index is -1.18. The van der Waals surface area contributed by atoms with Crippen LogP contribution >= 0.6 is 0 Å². The highest BCUT2D eigenvalue weighted by Crippen LogP contribution is 2.26. The van der Waals surface area contributed by atoms with Crippen LogP contribution in [0.25, 0.3) is 6.08 Å². The van der Waals surface area contributed by atoms with Crippen molar-refractivity contribution in [3.63, 3.8) is 0 Å². The molecule has 0 radical (unpaired) electrons. The molecule has 0 aliphatic heterocycles. The van der Waals surface area contributed by atoms with Crippen LogP contribution in [0.1, 0.15) is 32.3 Å². The van der Waals surface area contributed by atoms with E-state index in [-0.39, 0.29) is 11.7 Å². The summed E-state index contributed by atoms with van der Waals surface area (Å²) < 4.78 is 32.7. The lowest BCUT2D eigenvalue weighted by molar-refractivity contribution is -0.131. The molecule has 104 valence electrons. The number of benzene rings is 1. The summed E-state index contributed by atoms with van der Waals surface area (Å²) in [5, 5.41) is 8.45. The van der Waals surface area contributed by atoms with E-state index >= 15 is 0 Å². The number of halogens is 2. The first-order chi connectivity index (χ1) is 8.97. The van der Waals surface area contributed by atoms with Crippen LogP contribution in [0, 0.1) is 11.6 Å². The largest absolute Gasteiger partial charge is 0.484 e. The van der Waals surface area contributed by atoms with E-state index in [9.17, 15) is 13.6 Å². The van der Waals surface area contributed by atoms with Crippen molar-refractivity contribution in [2.24, 2.45) is 0 Å². The van der Waals surface area contributed by atoms with Crippen molar-refractivity contribution in [2.75, 3.05) is 0 Å². The van der Waals surface area contributed by atoms with E-state index < -0.39 is 23.4 Å². The Morgan fingerprint density at radius 3 is 2.26 bits per heavy atom. The molecule has 1 aromatic rings. The van der Waals surface area contributed by atoms with Gasteiger partial charge in [0.15, 0.2) is 17.4 Å². The van der Waals surface area contributed by atoms with E-state index in [2.05, 4.69) is 0 Å². The van der Waals surface area contributed by atoms with E-state index in [0.717, 1.165) is 24.3 Å². The zero-order valence-corrected chi connectivity index (χ0v) is 10.8. The molecule has 0 heterocycles. The number of rotatable bonds is 6. The first-order valence-electron chi connectivity index (χ1n) is 6.04. The number of carbonyl (C=O) groups is 1. The highest BCUT2D eigenvalue weighted by molar-refractivity contribution is 5.85. The summed E-state index contributed by atoms with van der Waals surface area (Å²) in [6.45, 7) is 3.74. The Morgan fingerprint density at radius 2 is 1.84 bits per heavy atom. The molecule has 19 heavy (non-hydrogen) atoms. The van der Waals surface area contributed by atoms with Gasteiger partial charge in [-0.3, -0.25) is 0 Å². The van der Waals surface area contributed by atoms with Gasteiger partial charge in [-0.25, -0.2) is 13.6 Å². The Labute approximate surface area is 110 Å². The van der Waals surface area contributed by atoms with Gasteiger partial charge < -0.3 is 9.84 Å². The quantitative estimate of drug-likeness (QED) is 0.803. The van der Waals surface area contributed by atoms with Gasteiger partial charge in [0.05, 0.1) is 6.10 Å². The average molecular weight is 270 g/mol. The molecule has 0 bridgehead atoms. The third-order valence-electron chi connectivity index (χ3n) is 2.63. The van der Waals surface area contributed by atoms with Gasteiger partial charge in [-0.1, -0.05) is 13.8 Å². The minimum Gasteiger partial charge on any atom is -0.484 e. The molecular weight excluding hydrogens is 254 g/mol. The fraction of sp³-hybridized carbons (Fsp3) is 0.357. The Morgan fingerprint density at radius 1 is 1.32 bits per heavy atom. The maximum atomic E-state index is 13.7. The van der Waals surface area contributed by atoms with Gasteiger partial charge in [0, 0.05) is 6.08 Å². The summed E-state index contributed by atoms with van der Waals surface area (Å²) in [7, 11) is 0. The zero-order chi connectivity index (χ0) is 14.4. The lowest BCUT2D eigenvalue weighted by Gasteiger charge is -2.16. The molecule has 0 saturated carbocycles. The molecule has 0 aliphatic rings. The molecule has 0 aliphatic carbocycles. The fourth-order valence-corrected chi connectivity index (χ4v) is 1.58. The number of carboxylic acids is 1. The number of ether oxygens (including phenoxy) is 1. The lowest BCUT2D eigenvalue weighted by Crippen LogP contribution is -2.15. The molecule has 0 spiro atoms. The molecule has 0 atom stereocenters. The highest BCUT2D eigenvalue weighted by Gasteiger charge is 2.15. The van der Waals surface area contributed by atoms with Crippen LogP contribution in [0.5, 0.6) is 5.75 Å². The van der Waals surface area contributed by atoms with Gasteiger partial charge in [0.25, 0.3) is 0 Å². The first kappa shape index (κ1) is 15.1. The number of hydrogen-bond acceptors (Lipinski definition) is 2. The smallest absolute Gasteiger partial charge is 0.328 e. The van der Waals surface area contributed by atoms with Gasteiger partial charge in [0.2, 0.25) is 0 Å². The van der Waals surface area contributed by atoms with E-state index in [1.165, 1.54) is 0 Å². The summed E-state index contributed by atoms with van der Waals surface area (Å²) in [5.74, 6) is -3.27. The summed E-state index contributed by atoms with van der Waals surface area (Å²) in [5.41, 5.74) is 0.134. The number of hydrogen-bond donors (Lipinski definition) is 1. The minimum absolute atomic E-state index is 0.134. The molecule has 0 fully saturated rings. The van der Waals surface area contributed by atoms with Crippen molar-refractivity contribution in [3.05, 3.63) is 35.4 Å². The second-order valence-corrected chi connectivity index (χ2v) is 4.04. The van der Waals surface area contributed by atoms with Crippen molar-refractivity contribution in [2.45, 2.75) is 32.8 Å². The van der Waals surface area contributed by atoms with Crippen LogP contribution in [0.3, 0.4) is 0 Å². The van der Waals surface area contributed by atoms with E-state index in [1.807, 2.05) is 13.8 Å². The van der Waals surface area contributed by atoms with Crippen molar-refractivity contribution < 1.29 is 23.4 Å².